The monoisotopic (exact) mass is 605 g/mol. The lowest BCUT2D eigenvalue weighted by atomic mass is 9.98. The Morgan fingerprint density at radius 3 is 2.05 bits per heavy atom. The number of aliphatic carboxylic acids is 1. The third-order valence-electron chi connectivity index (χ3n) is 7.32. The summed E-state index contributed by atoms with van der Waals surface area (Å²) >= 11 is 1.21. The second-order valence-corrected chi connectivity index (χ2v) is 12.4. The summed E-state index contributed by atoms with van der Waals surface area (Å²) in [6.07, 6.45) is -0.876. The van der Waals surface area contributed by atoms with Crippen molar-refractivity contribution in [1.82, 2.24) is 16.0 Å². The number of phenols is 1. The van der Waals surface area contributed by atoms with Crippen LogP contribution in [0, 0.1) is 0 Å². The Bertz CT molecular complexity index is 1450. The zero-order chi connectivity index (χ0) is 31.1. The topological polar surface area (TPSA) is 154 Å². The highest BCUT2D eigenvalue weighted by Crippen LogP contribution is 2.44. The van der Waals surface area contributed by atoms with Gasteiger partial charge in [0.15, 0.2) is 0 Å². The summed E-state index contributed by atoms with van der Waals surface area (Å²) in [7, 11) is 0. The maximum absolute atomic E-state index is 13.6. The molecule has 0 saturated heterocycles. The first-order chi connectivity index (χ1) is 20.5. The molecule has 0 bridgehead atoms. The van der Waals surface area contributed by atoms with E-state index in [1.807, 2.05) is 48.5 Å². The fourth-order valence-corrected chi connectivity index (χ4v) is 6.02. The Balaban J connectivity index is 1.49. The fourth-order valence-electron chi connectivity index (χ4n) is 5.04. The van der Waals surface area contributed by atoms with Crippen molar-refractivity contribution in [2.75, 3.05) is 12.5 Å². The largest absolute Gasteiger partial charge is 0.508 e. The SMILES string of the molecule is CC(=O)NCSC(C)(C)[C@H](NC(=O)OCC1c2ccccc2-c2ccccc21)C(=O)N[C@@H](Cc1ccc(O)cc1)C(=O)O. The summed E-state index contributed by atoms with van der Waals surface area (Å²) in [6.45, 7) is 4.83. The van der Waals surface area contributed by atoms with Crippen molar-refractivity contribution in [1.29, 1.82) is 0 Å². The average Bonchev–Trinajstić information content (AvgIpc) is 3.28. The zero-order valence-electron chi connectivity index (χ0n) is 24.1. The molecule has 1 aliphatic rings. The van der Waals surface area contributed by atoms with Crippen molar-refractivity contribution in [2.24, 2.45) is 0 Å². The molecule has 226 valence electrons. The number of carbonyl (C=O) groups excluding carboxylic acids is 3. The maximum Gasteiger partial charge on any atom is 0.407 e. The normalized spacial score (nSPS) is 13.7. The third kappa shape index (κ3) is 7.86. The van der Waals surface area contributed by atoms with Crippen molar-refractivity contribution >= 4 is 35.6 Å². The molecule has 11 heteroatoms. The molecule has 3 amide bonds. The molecule has 0 unspecified atom stereocenters. The second kappa shape index (κ2) is 13.6. The van der Waals surface area contributed by atoms with Gasteiger partial charge in [-0.15, -0.1) is 11.8 Å². The van der Waals surface area contributed by atoms with Crippen LogP contribution in [0.4, 0.5) is 4.79 Å². The molecule has 0 aliphatic heterocycles. The van der Waals surface area contributed by atoms with E-state index in [2.05, 4.69) is 16.0 Å². The number of phenolic OH excluding ortho intramolecular Hbond substituents is 1. The number of alkyl carbamates (subject to hydrolysis) is 1. The van der Waals surface area contributed by atoms with Crippen molar-refractivity contribution < 1.29 is 34.1 Å². The smallest absolute Gasteiger partial charge is 0.407 e. The molecule has 4 rings (SSSR count). The first-order valence-electron chi connectivity index (χ1n) is 13.8. The predicted octanol–water partition coefficient (Wildman–Crippen LogP) is 4.02. The maximum atomic E-state index is 13.6. The molecule has 3 aromatic rings. The van der Waals surface area contributed by atoms with Gasteiger partial charge >= 0.3 is 12.1 Å². The molecule has 1 aliphatic carbocycles. The van der Waals surface area contributed by atoms with Gasteiger partial charge in [-0.25, -0.2) is 9.59 Å². The number of carboxylic acids is 1. The fraction of sp³-hybridized carbons (Fsp3) is 0.312. The van der Waals surface area contributed by atoms with Gasteiger partial charge in [-0.3, -0.25) is 9.59 Å². The van der Waals surface area contributed by atoms with Gasteiger partial charge in [0.05, 0.1) is 5.88 Å². The number of nitrogens with one attached hydrogen (secondary N) is 3. The summed E-state index contributed by atoms with van der Waals surface area (Å²) in [4.78, 5) is 50.3. The van der Waals surface area contributed by atoms with Crippen molar-refractivity contribution in [3.05, 3.63) is 89.5 Å². The van der Waals surface area contributed by atoms with Crippen LogP contribution < -0.4 is 16.0 Å². The molecule has 0 spiro atoms. The summed E-state index contributed by atoms with van der Waals surface area (Å²) < 4.78 is 4.68. The second-order valence-electron chi connectivity index (χ2n) is 10.8. The predicted molar refractivity (Wildman–Crippen MR) is 164 cm³/mol. The summed E-state index contributed by atoms with van der Waals surface area (Å²) in [5.74, 6) is -2.23. The van der Waals surface area contributed by atoms with Gasteiger partial charge in [0.25, 0.3) is 0 Å². The van der Waals surface area contributed by atoms with Crippen LogP contribution in [-0.2, 0) is 25.5 Å². The molecule has 0 fully saturated rings. The number of hydrogen-bond acceptors (Lipinski definition) is 7. The highest BCUT2D eigenvalue weighted by Gasteiger charge is 2.39. The van der Waals surface area contributed by atoms with Crippen molar-refractivity contribution in [3.63, 3.8) is 0 Å². The van der Waals surface area contributed by atoms with E-state index in [-0.39, 0.29) is 36.5 Å². The lowest BCUT2D eigenvalue weighted by Gasteiger charge is -2.34. The number of aromatic hydroxyl groups is 1. The first-order valence-corrected chi connectivity index (χ1v) is 14.8. The number of carboxylic acid groups (broad SMARTS) is 1. The third-order valence-corrected chi connectivity index (χ3v) is 8.59. The molecule has 0 aromatic heterocycles. The van der Waals surface area contributed by atoms with E-state index in [4.69, 9.17) is 4.74 Å². The number of amides is 3. The minimum atomic E-state index is -1.31. The number of thioether (sulfide) groups is 1. The average molecular weight is 606 g/mol. The summed E-state index contributed by atoms with van der Waals surface area (Å²) in [5.41, 5.74) is 4.82. The van der Waals surface area contributed by atoms with Crippen LogP contribution in [-0.4, -0.2) is 63.4 Å². The zero-order valence-corrected chi connectivity index (χ0v) is 24.9. The van der Waals surface area contributed by atoms with Gasteiger partial charge in [0, 0.05) is 24.0 Å². The van der Waals surface area contributed by atoms with Crippen LogP contribution in [0.5, 0.6) is 5.75 Å². The lowest BCUT2D eigenvalue weighted by Crippen LogP contribution is -2.59. The Kier molecular flexibility index (Phi) is 9.97. The Morgan fingerprint density at radius 1 is 0.907 bits per heavy atom. The molecular weight excluding hydrogens is 570 g/mol. The molecule has 0 saturated carbocycles. The molecule has 3 aromatic carbocycles. The minimum absolute atomic E-state index is 0.0324. The number of ether oxygens (including phenoxy) is 1. The van der Waals surface area contributed by atoms with Crippen LogP contribution >= 0.6 is 11.8 Å². The Labute approximate surface area is 254 Å². The van der Waals surface area contributed by atoms with E-state index >= 15 is 0 Å². The van der Waals surface area contributed by atoms with E-state index in [1.54, 1.807) is 26.0 Å². The van der Waals surface area contributed by atoms with Gasteiger partial charge in [-0.2, -0.15) is 0 Å². The van der Waals surface area contributed by atoms with Crippen LogP contribution in [0.15, 0.2) is 72.8 Å². The molecule has 5 N–H and O–H groups in total. The Hall–Kier alpha value is -4.51. The molecule has 10 nitrogen and oxygen atoms in total. The quantitative estimate of drug-likeness (QED) is 0.194. The van der Waals surface area contributed by atoms with E-state index in [9.17, 15) is 29.4 Å². The van der Waals surface area contributed by atoms with Gasteiger partial charge in [0.1, 0.15) is 24.4 Å². The molecular formula is C32H35N3O7S. The molecule has 2 atom stereocenters. The standard InChI is InChI=1S/C32H35N3O7S/c1-19(36)33-18-43-32(2,3)28(29(38)34-27(30(39)40)16-20-12-14-21(37)15-13-20)35-31(41)42-17-26-24-10-6-4-8-22(24)23-9-5-7-11-25(23)26/h4-15,26-28,37H,16-18H2,1-3H3,(H,33,36)(H,34,38)(H,35,41)(H,39,40)/t27-,28+/m0/s1. The summed E-state index contributed by atoms with van der Waals surface area (Å²) in [5, 5.41) is 27.2. The van der Waals surface area contributed by atoms with Gasteiger partial charge < -0.3 is 30.9 Å². The summed E-state index contributed by atoms with van der Waals surface area (Å²) in [6, 6.07) is 19.3. The van der Waals surface area contributed by atoms with Gasteiger partial charge in [-0.1, -0.05) is 60.7 Å². The van der Waals surface area contributed by atoms with Crippen molar-refractivity contribution in [2.45, 2.75) is 49.9 Å². The number of rotatable bonds is 12. The highest BCUT2D eigenvalue weighted by molar-refractivity contribution is 8.00. The van der Waals surface area contributed by atoms with E-state index < -0.39 is 34.8 Å². The minimum Gasteiger partial charge on any atom is -0.508 e. The highest BCUT2D eigenvalue weighted by atomic mass is 32.2. The number of fused-ring (bicyclic) bond motifs is 3. The molecule has 43 heavy (non-hydrogen) atoms. The number of hydrogen-bond donors (Lipinski definition) is 5. The lowest BCUT2D eigenvalue weighted by molar-refractivity contribution is -0.142. The van der Waals surface area contributed by atoms with Crippen molar-refractivity contribution in [3.8, 4) is 16.9 Å². The van der Waals surface area contributed by atoms with E-state index in [1.165, 1.54) is 30.8 Å². The van der Waals surface area contributed by atoms with Crippen LogP contribution in [0.1, 0.15) is 43.4 Å². The molecule has 0 radical (unpaired) electrons. The number of benzene rings is 3. The first kappa shape index (κ1) is 31.4. The number of carbonyl (C=O) groups is 4. The Morgan fingerprint density at radius 2 is 1.49 bits per heavy atom. The van der Waals surface area contributed by atoms with E-state index in [0.717, 1.165) is 22.3 Å². The van der Waals surface area contributed by atoms with Gasteiger partial charge in [-0.05, 0) is 53.8 Å². The van der Waals surface area contributed by atoms with Crippen LogP contribution in [0.2, 0.25) is 0 Å². The van der Waals surface area contributed by atoms with Crippen LogP contribution in [0.25, 0.3) is 11.1 Å². The van der Waals surface area contributed by atoms with Crippen LogP contribution in [0.3, 0.4) is 0 Å². The molecule has 0 heterocycles. The van der Waals surface area contributed by atoms with E-state index in [0.29, 0.717) is 5.56 Å². The van der Waals surface area contributed by atoms with Gasteiger partial charge in [0.2, 0.25) is 11.8 Å².